The molecule has 12 heteroatoms. The number of ketones is 1. The molecule has 0 aliphatic rings. The van der Waals surface area contributed by atoms with Gasteiger partial charge in [0.25, 0.3) is 5.78 Å². The zero-order chi connectivity index (χ0) is 27.4. The maximum atomic E-state index is 13.0. The highest BCUT2D eigenvalue weighted by atomic mass is 19.3. The molecule has 0 fully saturated rings. The number of alkyl carbamates (subject to hydrolysis) is 1. The predicted molar refractivity (Wildman–Crippen MR) is 125 cm³/mol. The maximum absolute atomic E-state index is 13.0. The van der Waals surface area contributed by atoms with Gasteiger partial charge in [-0.1, -0.05) is 64.4 Å². The van der Waals surface area contributed by atoms with Crippen LogP contribution in [0.1, 0.15) is 46.1 Å². The van der Waals surface area contributed by atoms with E-state index in [1.54, 1.807) is 58.0 Å². The zero-order valence-corrected chi connectivity index (χ0v) is 20.6. The molecule has 0 aliphatic carbocycles. The van der Waals surface area contributed by atoms with Crippen molar-refractivity contribution in [1.29, 1.82) is 0 Å². The molecule has 4 N–H and O–H groups in total. The second-order valence-electron chi connectivity index (χ2n) is 8.66. The molecule has 0 spiro atoms. The number of amides is 3. The summed E-state index contributed by atoms with van der Waals surface area (Å²) < 4.78 is 30.8. The van der Waals surface area contributed by atoms with Crippen LogP contribution < -0.4 is 16.0 Å². The third-order valence-electron chi connectivity index (χ3n) is 5.49. The van der Waals surface area contributed by atoms with Crippen molar-refractivity contribution in [3.63, 3.8) is 0 Å². The molecule has 4 atom stereocenters. The highest BCUT2D eigenvalue weighted by molar-refractivity contribution is 6.35. The number of hydrogen-bond donors (Lipinski definition) is 4. The van der Waals surface area contributed by atoms with Gasteiger partial charge in [0.2, 0.25) is 18.2 Å². The summed E-state index contributed by atoms with van der Waals surface area (Å²) >= 11 is 0. The molecule has 10 nitrogen and oxygen atoms in total. The van der Waals surface area contributed by atoms with E-state index in [0.29, 0.717) is 6.42 Å². The number of carbonyl (C=O) groups is 5. The van der Waals surface area contributed by atoms with E-state index in [1.165, 1.54) is 0 Å². The van der Waals surface area contributed by atoms with Crippen molar-refractivity contribution in [3.8, 4) is 0 Å². The number of carbonyl (C=O) groups excluding carboxylic acids is 4. The van der Waals surface area contributed by atoms with Crippen LogP contribution in [0.5, 0.6) is 0 Å². The lowest BCUT2D eigenvalue weighted by atomic mass is 9.96. The van der Waals surface area contributed by atoms with Crippen LogP contribution >= 0.6 is 0 Å². The number of hydrogen-bond acceptors (Lipinski definition) is 6. The van der Waals surface area contributed by atoms with Crippen molar-refractivity contribution in [2.75, 3.05) is 0 Å². The second-order valence-corrected chi connectivity index (χ2v) is 8.66. The summed E-state index contributed by atoms with van der Waals surface area (Å²) in [7, 11) is 0. The summed E-state index contributed by atoms with van der Waals surface area (Å²) in [6.07, 6.45) is -4.61. The Hall–Kier alpha value is -3.57. The SMILES string of the molecule is CCC(C)[C@H](NC(=O)OCc1ccccc1)C(=O)N[C@H](C(=O)NC(CC(F)F)C(=O)C(=O)O)C(C)C. The quantitative estimate of drug-likeness (QED) is 0.279. The van der Waals surface area contributed by atoms with E-state index in [4.69, 9.17) is 9.84 Å². The fourth-order valence-electron chi connectivity index (χ4n) is 3.19. The molecule has 36 heavy (non-hydrogen) atoms. The average Bonchev–Trinajstić information content (AvgIpc) is 2.82. The number of carboxylic acids is 1. The number of halogens is 2. The summed E-state index contributed by atoms with van der Waals surface area (Å²) in [6.45, 7) is 6.59. The van der Waals surface area contributed by atoms with Gasteiger partial charge in [-0.3, -0.25) is 14.4 Å². The van der Waals surface area contributed by atoms with Crippen LogP contribution in [-0.2, 0) is 30.5 Å². The normalized spacial score (nSPS) is 14.3. The third-order valence-corrected chi connectivity index (χ3v) is 5.49. The number of carboxylic acid groups (broad SMARTS) is 1. The predicted octanol–water partition coefficient (Wildman–Crippen LogP) is 2.26. The summed E-state index contributed by atoms with van der Waals surface area (Å²) in [5.41, 5.74) is 0.739. The Kier molecular flexibility index (Phi) is 12.5. The van der Waals surface area contributed by atoms with Gasteiger partial charge >= 0.3 is 12.1 Å². The number of rotatable bonds is 14. The molecule has 1 aromatic carbocycles. The molecule has 0 heterocycles. The van der Waals surface area contributed by atoms with Crippen LogP contribution in [0.4, 0.5) is 13.6 Å². The molecule has 1 rings (SSSR count). The van der Waals surface area contributed by atoms with Gasteiger partial charge in [-0.25, -0.2) is 18.4 Å². The van der Waals surface area contributed by atoms with E-state index in [2.05, 4.69) is 10.6 Å². The van der Waals surface area contributed by atoms with Gasteiger partial charge in [-0.2, -0.15) is 0 Å². The average molecular weight is 514 g/mol. The molecule has 0 saturated heterocycles. The van der Waals surface area contributed by atoms with Gasteiger partial charge < -0.3 is 25.8 Å². The molecule has 3 amide bonds. The van der Waals surface area contributed by atoms with Crippen LogP contribution in [0.15, 0.2) is 30.3 Å². The highest BCUT2D eigenvalue weighted by Crippen LogP contribution is 2.12. The Morgan fingerprint density at radius 3 is 2.00 bits per heavy atom. The van der Waals surface area contributed by atoms with Crippen molar-refractivity contribution in [1.82, 2.24) is 16.0 Å². The third kappa shape index (κ3) is 9.96. The first-order valence-corrected chi connectivity index (χ1v) is 11.5. The summed E-state index contributed by atoms with van der Waals surface area (Å²) in [5.74, 6) is -6.24. The fourth-order valence-corrected chi connectivity index (χ4v) is 3.19. The van der Waals surface area contributed by atoms with E-state index < -0.39 is 66.5 Å². The Labute approximate surface area is 208 Å². The number of benzene rings is 1. The zero-order valence-electron chi connectivity index (χ0n) is 20.6. The smallest absolute Gasteiger partial charge is 0.408 e. The lowest BCUT2D eigenvalue weighted by Gasteiger charge is -2.28. The molecule has 0 radical (unpaired) electrons. The number of Topliss-reactive ketones (excluding diaryl/α,β-unsaturated/α-hetero) is 1. The van der Waals surface area contributed by atoms with Crippen LogP contribution in [-0.4, -0.2) is 59.3 Å². The van der Waals surface area contributed by atoms with E-state index in [-0.39, 0.29) is 12.5 Å². The van der Waals surface area contributed by atoms with Gasteiger partial charge in [-0.05, 0) is 17.4 Å². The van der Waals surface area contributed by atoms with Gasteiger partial charge in [-0.15, -0.1) is 0 Å². The minimum Gasteiger partial charge on any atom is -0.475 e. The summed E-state index contributed by atoms with van der Waals surface area (Å²) in [6, 6.07) is 4.52. The van der Waals surface area contributed by atoms with Crippen molar-refractivity contribution in [2.45, 2.75) is 71.7 Å². The van der Waals surface area contributed by atoms with E-state index in [9.17, 15) is 32.8 Å². The lowest BCUT2D eigenvalue weighted by Crippen LogP contribution is -2.59. The molecule has 2 unspecified atom stereocenters. The maximum Gasteiger partial charge on any atom is 0.408 e. The Balaban J connectivity index is 2.94. The molecule has 0 aliphatic heterocycles. The van der Waals surface area contributed by atoms with Gasteiger partial charge in [0.05, 0.1) is 0 Å². The fraction of sp³-hybridized carbons (Fsp3) is 0.542. The van der Waals surface area contributed by atoms with Crippen LogP contribution in [0.3, 0.4) is 0 Å². The Morgan fingerprint density at radius 1 is 0.917 bits per heavy atom. The van der Waals surface area contributed by atoms with Crippen molar-refractivity contribution < 1.29 is 42.6 Å². The monoisotopic (exact) mass is 513 g/mol. The van der Waals surface area contributed by atoms with E-state index in [1.807, 2.05) is 5.32 Å². The first kappa shape index (κ1) is 30.5. The van der Waals surface area contributed by atoms with E-state index in [0.717, 1.165) is 5.56 Å². The van der Waals surface area contributed by atoms with E-state index >= 15 is 0 Å². The minimum atomic E-state index is -3.05. The first-order valence-electron chi connectivity index (χ1n) is 11.5. The van der Waals surface area contributed by atoms with Gasteiger partial charge in [0.15, 0.2) is 0 Å². The lowest BCUT2D eigenvalue weighted by molar-refractivity contribution is -0.151. The topological polar surface area (TPSA) is 151 Å². The highest BCUT2D eigenvalue weighted by Gasteiger charge is 2.35. The molecule has 1 aromatic rings. The Morgan fingerprint density at radius 2 is 1.50 bits per heavy atom. The van der Waals surface area contributed by atoms with Crippen LogP contribution in [0.25, 0.3) is 0 Å². The molecule has 200 valence electrons. The minimum absolute atomic E-state index is 0.0261. The number of ether oxygens (including phenoxy) is 1. The first-order chi connectivity index (χ1) is 16.9. The molecular formula is C24H33F2N3O7. The molecular weight excluding hydrogens is 480 g/mol. The summed E-state index contributed by atoms with van der Waals surface area (Å²) in [5, 5.41) is 15.8. The summed E-state index contributed by atoms with van der Waals surface area (Å²) in [4.78, 5) is 60.8. The number of alkyl halides is 2. The van der Waals surface area contributed by atoms with Crippen molar-refractivity contribution >= 4 is 29.7 Å². The number of nitrogens with one attached hydrogen (secondary N) is 3. The number of aliphatic carboxylic acids is 1. The second kappa shape index (κ2) is 14.7. The Bertz CT molecular complexity index is 912. The standard InChI is InChI=1S/C24H33F2N3O7/c1-5-14(4)19(29-24(35)36-12-15-9-7-6-8-10-15)22(32)28-18(13(2)3)21(31)27-16(11-17(25)26)20(30)23(33)34/h6-10,13-14,16-19H,5,11-12H2,1-4H3,(H,27,31)(H,28,32)(H,29,35)(H,33,34)/t14?,16?,18-,19-/m0/s1. The molecule has 0 saturated carbocycles. The molecule has 0 bridgehead atoms. The van der Waals surface area contributed by atoms with Crippen LogP contribution in [0.2, 0.25) is 0 Å². The van der Waals surface area contributed by atoms with Crippen LogP contribution in [0, 0.1) is 11.8 Å². The largest absolute Gasteiger partial charge is 0.475 e. The van der Waals surface area contributed by atoms with Crippen molar-refractivity contribution in [2.24, 2.45) is 11.8 Å². The van der Waals surface area contributed by atoms with Crippen molar-refractivity contribution in [3.05, 3.63) is 35.9 Å². The van der Waals surface area contributed by atoms with Gasteiger partial charge in [0.1, 0.15) is 24.7 Å². The van der Waals surface area contributed by atoms with Gasteiger partial charge in [0, 0.05) is 6.42 Å². The molecule has 0 aromatic heterocycles.